The van der Waals surface area contributed by atoms with E-state index in [9.17, 15) is 5.11 Å². The van der Waals surface area contributed by atoms with Crippen LogP contribution in [0.2, 0.25) is 5.02 Å². The van der Waals surface area contributed by atoms with Gasteiger partial charge < -0.3 is 15.3 Å². The van der Waals surface area contributed by atoms with Crippen LogP contribution in [0.3, 0.4) is 0 Å². The largest absolute Gasteiger partial charge is 0.506 e. The summed E-state index contributed by atoms with van der Waals surface area (Å²) in [5.74, 6) is 0.130. The van der Waals surface area contributed by atoms with Crippen LogP contribution in [-0.4, -0.2) is 25.2 Å². The van der Waals surface area contributed by atoms with Gasteiger partial charge in [0.05, 0.1) is 5.02 Å². The predicted octanol–water partition coefficient (Wildman–Crippen LogP) is 3.66. The van der Waals surface area contributed by atoms with Crippen LogP contribution in [0.1, 0.15) is 12.0 Å². The highest BCUT2D eigenvalue weighted by Crippen LogP contribution is 2.23. The molecule has 0 aromatic heterocycles. The first-order valence-electron chi connectivity index (χ1n) is 7.11. The maximum absolute atomic E-state index is 9.36. The second-order valence-electron chi connectivity index (χ2n) is 5.07. The van der Waals surface area contributed by atoms with Gasteiger partial charge in [-0.05, 0) is 42.8 Å². The van der Waals surface area contributed by atoms with E-state index in [1.165, 1.54) is 5.69 Å². The van der Waals surface area contributed by atoms with Crippen molar-refractivity contribution < 1.29 is 5.11 Å². The number of rotatable bonds is 7. The first-order chi connectivity index (χ1) is 10.2. The molecule has 0 unspecified atom stereocenters. The van der Waals surface area contributed by atoms with Crippen molar-refractivity contribution >= 4 is 17.3 Å². The van der Waals surface area contributed by atoms with E-state index in [2.05, 4.69) is 41.5 Å². The van der Waals surface area contributed by atoms with E-state index in [-0.39, 0.29) is 5.75 Å². The molecule has 2 rings (SSSR count). The van der Waals surface area contributed by atoms with Crippen LogP contribution in [-0.2, 0) is 6.54 Å². The van der Waals surface area contributed by atoms with Crippen molar-refractivity contribution in [1.82, 2.24) is 5.32 Å². The lowest BCUT2D eigenvalue weighted by Crippen LogP contribution is -2.23. The second-order valence-corrected chi connectivity index (χ2v) is 5.48. The molecule has 0 aliphatic heterocycles. The zero-order chi connectivity index (χ0) is 15.1. The smallest absolute Gasteiger partial charge is 0.134 e. The molecule has 21 heavy (non-hydrogen) atoms. The molecular formula is C17H21ClN2O. The lowest BCUT2D eigenvalue weighted by atomic mass is 10.2. The van der Waals surface area contributed by atoms with E-state index in [1.807, 2.05) is 12.1 Å². The number of hydrogen-bond acceptors (Lipinski definition) is 3. The van der Waals surface area contributed by atoms with E-state index in [0.717, 1.165) is 31.6 Å². The quantitative estimate of drug-likeness (QED) is 0.766. The monoisotopic (exact) mass is 304 g/mol. The third kappa shape index (κ3) is 4.96. The third-order valence-corrected chi connectivity index (χ3v) is 3.69. The minimum absolute atomic E-state index is 0.130. The fourth-order valence-electron chi connectivity index (χ4n) is 2.15. The Hall–Kier alpha value is -1.71. The molecule has 2 aromatic rings. The summed E-state index contributed by atoms with van der Waals surface area (Å²) >= 11 is 5.88. The van der Waals surface area contributed by atoms with Gasteiger partial charge in [0.2, 0.25) is 0 Å². The highest BCUT2D eigenvalue weighted by Gasteiger charge is 2.01. The molecule has 2 aromatic carbocycles. The third-order valence-electron chi connectivity index (χ3n) is 3.39. The number of nitrogens with zero attached hydrogens (tertiary/aromatic N) is 1. The molecule has 4 heteroatoms. The van der Waals surface area contributed by atoms with Crippen LogP contribution < -0.4 is 10.2 Å². The summed E-state index contributed by atoms with van der Waals surface area (Å²) in [7, 11) is 2.11. The van der Waals surface area contributed by atoms with Gasteiger partial charge in [0.1, 0.15) is 5.75 Å². The molecular weight excluding hydrogens is 284 g/mol. The Morgan fingerprint density at radius 3 is 2.62 bits per heavy atom. The molecule has 0 saturated heterocycles. The van der Waals surface area contributed by atoms with E-state index in [1.54, 1.807) is 12.1 Å². The number of aromatic hydroxyl groups is 1. The Bertz CT molecular complexity index is 560. The Labute approximate surface area is 131 Å². The summed E-state index contributed by atoms with van der Waals surface area (Å²) in [6.45, 7) is 2.71. The Balaban J connectivity index is 1.67. The fraction of sp³-hybridized carbons (Fsp3) is 0.294. The fourth-order valence-corrected chi connectivity index (χ4v) is 2.35. The second kappa shape index (κ2) is 7.91. The van der Waals surface area contributed by atoms with Crippen molar-refractivity contribution in [2.75, 3.05) is 25.0 Å². The van der Waals surface area contributed by atoms with Gasteiger partial charge in [-0.15, -0.1) is 0 Å². The van der Waals surface area contributed by atoms with Crippen LogP contribution in [0, 0.1) is 0 Å². The molecule has 2 N–H and O–H groups in total. The zero-order valence-electron chi connectivity index (χ0n) is 12.2. The number of phenolic OH excluding ortho intramolecular Hbond substituents is 1. The molecule has 0 heterocycles. The normalized spacial score (nSPS) is 10.6. The van der Waals surface area contributed by atoms with Gasteiger partial charge in [-0.25, -0.2) is 0 Å². The van der Waals surface area contributed by atoms with E-state index < -0.39 is 0 Å². The van der Waals surface area contributed by atoms with Crippen LogP contribution >= 0.6 is 11.6 Å². The highest BCUT2D eigenvalue weighted by atomic mass is 35.5. The molecule has 0 bridgehead atoms. The SMILES string of the molecule is CN(CCCNCc1ccc(O)c(Cl)c1)c1ccccc1. The average Bonchev–Trinajstić information content (AvgIpc) is 2.51. The van der Waals surface area contributed by atoms with E-state index in [0.29, 0.717) is 5.02 Å². The first-order valence-corrected chi connectivity index (χ1v) is 7.49. The summed E-state index contributed by atoms with van der Waals surface area (Å²) in [6.07, 6.45) is 1.07. The summed E-state index contributed by atoms with van der Waals surface area (Å²) < 4.78 is 0. The highest BCUT2D eigenvalue weighted by molar-refractivity contribution is 6.32. The van der Waals surface area contributed by atoms with Crippen molar-refractivity contribution in [3.8, 4) is 5.75 Å². The standard InChI is InChI=1S/C17H21ClN2O/c1-20(15-6-3-2-4-7-15)11-5-10-19-13-14-8-9-17(21)16(18)12-14/h2-4,6-9,12,19,21H,5,10-11,13H2,1H3. The summed E-state index contributed by atoms with van der Waals surface area (Å²) in [4.78, 5) is 2.25. The van der Waals surface area contributed by atoms with Crippen molar-refractivity contribution in [1.29, 1.82) is 0 Å². The summed E-state index contributed by atoms with van der Waals surface area (Å²) in [6, 6.07) is 15.7. The summed E-state index contributed by atoms with van der Waals surface area (Å²) in [5.41, 5.74) is 2.32. The maximum atomic E-state index is 9.36. The van der Waals surface area contributed by atoms with Crippen molar-refractivity contribution in [2.24, 2.45) is 0 Å². The Morgan fingerprint density at radius 2 is 1.90 bits per heavy atom. The minimum Gasteiger partial charge on any atom is -0.506 e. The van der Waals surface area contributed by atoms with E-state index in [4.69, 9.17) is 11.6 Å². The predicted molar refractivity (Wildman–Crippen MR) is 89.2 cm³/mol. The van der Waals surface area contributed by atoms with Crippen LogP contribution in [0.15, 0.2) is 48.5 Å². The Morgan fingerprint density at radius 1 is 1.14 bits per heavy atom. The number of phenols is 1. The molecule has 3 nitrogen and oxygen atoms in total. The van der Waals surface area contributed by atoms with Crippen LogP contribution in [0.25, 0.3) is 0 Å². The lowest BCUT2D eigenvalue weighted by Gasteiger charge is -2.19. The first kappa shape index (κ1) is 15.7. The minimum atomic E-state index is 0.130. The number of para-hydroxylation sites is 1. The van der Waals surface area contributed by atoms with Gasteiger partial charge in [0.25, 0.3) is 0 Å². The average molecular weight is 305 g/mol. The molecule has 0 aliphatic carbocycles. The van der Waals surface area contributed by atoms with Gasteiger partial charge in [0, 0.05) is 25.8 Å². The number of benzene rings is 2. The molecule has 0 fully saturated rings. The van der Waals surface area contributed by atoms with Gasteiger partial charge in [-0.3, -0.25) is 0 Å². The van der Waals surface area contributed by atoms with Gasteiger partial charge in [-0.2, -0.15) is 0 Å². The summed E-state index contributed by atoms with van der Waals surface area (Å²) in [5, 5.41) is 13.2. The molecule has 0 atom stereocenters. The molecule has 0 aliphatic rings. The molecule has 0 radical (unpaired) electrons. The van der Waals surface area contributed by atoms with Gasteiger partial charge in [0.15, 0.2) is 0 Å². The number of anilines is 1. The Kier molecular flexibility index (Phi) is 5.90. The molecule has 0 amide bonds. The molecule has 112 valence electrons. The van der Waals surface area contributed by atoms with Crippen LogP contribution in [0.5, 0.6) is 5.75 Å². The van der Waals surface area contributed by atoms with Crippen molar-refractivity contribution in [3.05, 3.63) is 59.1 Å². The topological polar surface area (TPSA) is 35.5 Å². The number of hydrogen-bond donors (Lipinski definition) is 2. The van der Waals surface area contributed by atoms with Gasteiger partial charge >= 0.3 is 0 Å². The lowest BCUT2D eigenvalue weighted by molar-refractivity contribution is 0.475. The number of halogens is 1. The number of nitrogens with one attached hydrogen (secondary N) is 1. The van der Waals surface area contributed by atoms with Crippen LogP contribution in [0.4, 0.5) is 5.69 Å². The van der Waals surface area contributed by atoms with E-state index >= 15 is 0 Å². The van der Waals surface area contributed by atoms with Crippen molar-refractivity contribution in [3.63, 3.8) is 0 Å². The maximum Gasteiger partial charge on any atom is 0.134 e. The molecule has 0 spiro atoms. The van der Waals surface area contributed by atoms with Gasteiger partial charge in [-0.1, -0.05) is 35.9 Å². The zero-order valence-corrected chi connectivity index (χ0v) is 13.0. The van der Waals surface area contributed by atoms with Crippen molar-refractivity contribution in [2.45, 2.75) is 13.0 Å². The molecule has 0 saturated carbocycles.